The highest BCUT2D eigenvalue weighted by Crippen LogP contribution is 2.03. The Bertz CT molecular complexity index is 104. The Labute approximate surface area is 76.3 Å². The van der Waals surface area contributed by atoms with Crippen LogP contribution in [-0.2, 0) is 0 Å². The standard InChI is InChI=1S/C10H22N2/c1-10(2)4-8-12-7-3-5-11-6-9-12/h10-11H,3-9H2,1-2H3. The van der Waals surface area contributed by atoms with E-state index in [1.807, 2.05) is 0 Å². The van der Waals surface area contributed by atoms with Gasteiger partial charge in [-0.15, -0.1) is 0 Å². The normalized spacial score (nSPS) is 21.2. The van der Waals surface area contributed by atoms with Gasteiger partial charge in [0.15, 0.2) is 0 Å². The summed E-state index contributed by atoms with van der Waals surface area (Å²) in [5.41, 5.74) is 0. The third kappa shape index (κ3) is 4.07. The lowest BCUT2D eigenvalue weighted by Crippen LogP contribution is -2.29. The van der Waals surface area contributed by atoms with Crippen LogP contribution in [0.2, 0.25) is 0 Å². The lowest BCUT2D eigenvalue weighted by Gasteiger charge is -2.20. The predicted octanol–water partition coefficient (Wildman–Crippen LogP) is 1.33. The maximum atomic E-state index is 3.42. The molecule has 1 saturated heterocycles. The molecule has 0 atom stereocenters. The fourth-order valence-electron chi connectivity index (χ4n) is 1.57. The van der Waals surface area contributed by atoms with Crippen LogP contribution in [0.5, 0.6) is 0 Å². The second kappa shape index (κ2) is 5.55. The van der Waals surface area contributed by atoms with E-state index in [1.54, 1.807) is 0 Å². The van der Waals surface area contributed by atoms with Crippen molar-refractivity contribution in [3.05, 3.63) is 0 Å². The van der Waals surface area contributed by atoms with Crippen molar-refractivity contribution in [3.63, 3.8) is 0 Å². The molecule has 1 aliphatic rings. The number of rotatable bonds is 3. The molecule has 1 heterocycles. The van der Waals surface area contributed by atoms with E-state index in [0.717, 1.165) is 5.92 Å². The first-order valence-electron chi connectivity index (χ1n) is 5.22. The van der Waals surface area contributed by atoms with E-state index >= 15 is 0 Å². The third-order valence-electron chi connectivity index (χ3n) is 2.46. The van der Waals surface area contributed by atoms with Crippen molar-refractivity contribution in [1.82, 2.24) is 10.2 Å². The van der Waals surface area contributed by atoms with Crippen LogP contribution in [-0.4, -0.2) is 37.6 Å². The zero-order valence-corrected chi connectivity index (χ0v) is 8.47. The predicted molar refractivity (Wildman–Crippen MR) is 53.4 cm³/mol. The van der Waals surface area contributed by atoms with Gasteiger partial charge in [0.05, 0.1) is 0 Å². The molecule has 2 heteroatoms. The molecule has 0 amide bonds. The molecule has 72 valence electrons. The van der Waals surface area contributed by atoms with Gasteiger partial charge in [-0.25, -0.2) is 0 Å². The van der Waals surface area contributed by atoms with E-state index < -0.39 is 0 Å². The zero-order valence-electron chi connectivity index (χ0n) is 8.47. The summed E-state index contributed by atoms with van der Waals surface area (Å²) >= 11 is 0. The summed E-state index contributed by atoms with van der Waals surface area (Å²) in [5, 5.41) is 3.42. The van der Waals surface area contributed by atoms with Gasteiger partial charge in [-0.1, -0.05) is 13.8 Å². The smallest absolute Gasteiger partial charge is 0.0107 e. The molecule has 1 rings (SSSR count). The topological polar surface area (TPSA) is 15.3 Å². The maximum Gasteiger partial charge on any atom is 0.0107 e. The molecule has 0 aromatic heterocycles. The summed E-state index contributed by atoms with van der Waals surface area (Å²) in [6, 6.07) is 0. The molecule has 0 unspecified atom stereocenters. The van der Waals surface area contributed by atoms with Crippen molar-refractivity contribution in [1.29, 1.82) is 0 Å². The number of nitrogens with one attached hydrogen (secondary N) is 1. The molecule has 2 nitrogen and oxygen atoms in total. The van der Waals surface area contributed by atoms with E-state index in [1.165, 1.54) is 45.6 Å². The lowest BCUT2D eigenvalue weighted by atomic mass is 10.1. The lowest BCUT2D eigenvalue weighted by molar-refractivity contribution is 0.274. The summed E-state index contributed by atoms with van der Waals surface area (Å²) in [5.74, 6) is 0.848. The van der Waals surface area contributed by atoms with Crippen molar-refractivity contribution in [3.8, 4) is 0 Å². The van der Waals surface area contributed by atoms with Gasteiger partial charge < -0.3 is 10.2 Å². The van der Waals surface area contributed by atoms with Crippen LogP contribution in [0, 0.1) is 5.92 Å². The summed E-state index contributed by atoms with van der Waals surface area (Å²) in [7, 11) is 0. The molecular weight excluding hydrogens is 148 g/mol. The largest absolute Gasteiger partial charge is 0.315 e. The summed E-state index contributed by atoms with van der Waals surface area (Å²) in [4.78, 5) is 2.58. The fourth-order valence-corrected chi connectivity index (χ4v) is 1.57. The van der Waals surface area contributed by atoms with E-state index in [4.69, 9.17) is 0 Å². The number of hydrogen-bond acceptors (Lipinski definition) is 2. The minimum absolute atomic E-state index is 0.848. The zero-order chi connectivity index (χ0) is 8.81. The second-order valence-electron chi connectivity index (χ2n) is 4.13. The molecular formula is C10H22N2. The second-order valence-corrected chi connectivity index (χ2v) is 4.13. The average molecular weight is 170 g/mol. The van der Waals surface area contributed by atoms with Crippen LogP contribution in [0.4, 0.5) is 0 Å². The van der Waals surface area contributed by atoms with E-state index in [-0.39, 0.29) is 0 Å². The molecule has 0 aromatic carbocycles. The summed E-state index contributed by atoms with van der Waals surface area (Å²) in [6.45, 7) is 10.8. The van der Waals surface area contributed by atoms with Gasteiger partial charge in [0.2, 0.25) is 0 Å². The first-order valence-corrected chi connectivity index (χ1v) is 5.22. The molecule has 1 fully saturated rings. The van der Waals surface area contributed by atoms with Crippen LogP contribution in [0.15, 0.2) is 0 Å². The van der Waals surface area contributed by atoms with Crippen LogP contribution in [0.1, 0.15) is 26.7 Å². The van der Waals surface area contributed by atoms with E-state index in [0.29, 0.717) is 0 Å². The van der Waals surface area contributed by atoms with Crippen molar-refractivity contribution in [2.24, 2.45) is 5.92 Å². The van der Waals surface area contributed by atoms with Crippen molar-refractivity contribution in [2.45, 2.75) is 26.7 Å². The van der Waals surface area contributed by atoms with Crippen LogP contribution >= 0.6 is 0 Å². The highest BCUT2D eigenvalue weighted by atomic mass is 15.1. The Hall–Kier alpha value is -0.0800. The van der Waals surface area contributed by atoms with Gasteiger partial charge in [-0.2, -0.15) is 0 Å². The summed E-state index contributed by atoms with van der Waals surface area (Å²) in [6.07, 6.45) is 2.66. The Balaban J connectivity index is 2.12. The Morgan fingerprint density at radius 3 is 2.83 bits per heavy atom. The summed E-state index contributed by atoms with van der Waals surface area (Å²) < 4.78 is 0. The minimum atomic E-state index is 0.848. The molecule has 12 heavy (non-hydrogen) atoms. The van der Waals surface area contributed by atoms with E-state index in [2.05, 4.69) is 24.1 Å². The van der Waals surface area contributed by atoms with Gasteiger partial charge in [-0.05, 0) is 38.4 Å². The molecule has 0 aromatic rings. The SMILES string of the molecule is CC(C)CCN1CCCNCC1. The number of hydrogen-bond donors (Lipinski definition) is 1. The first kappa shape index (κ1) is 10.0. The van der Waals surface area contributed by atoms with Crippen molar-refractivity contribution < 1.29 is 0 Å². The van der Waals surface area contributed by atoms with Gasteiger partial charge in [0, 0.05) is 13.1 Å². The Morgan fingerprint density at radius 2 is 2.08 bits per heavy atom. The molecule has 0 radical (unpaired) electrons. The quantitative estimate of drug-likeness (QED) is 0.687. The fraction of sp³-hybridized carbons (Fsp3) is 1.00. The highest BCUT2D eigenvalue weighted by Gasteiger charge is 2.07. The van der Waals surface area contributed by atoms with E-state index in [9.17, 15) is 0 Å². The molecule has 0 bridgehead atoms. The maximum absolute atomic E-state index is 3.42. The van der Waals surface area contributed by atoms with Crippen molar-refractivity contribution in [2.75, 3.05) is 32.7 Å². The first-order chi connectivity index (χ1) is 5.79. The Kier molecular flexibility index (Phi) is 4.62. The van der Waals surface area contributed by atoms with Gasteiger partial charge in [0.1, 0.15) is 0 Å². The monoisotopic (exact) mass is 170 g/mol. The molecule has 0 aliphatic carbocycles. The van der Waals surface area contributed by atoms with Gasteiger partial charge in [0.25, 0.3) is 0 Å². The third-order valence-corrected chi connectivity index (χ3v) is 2.46. The highest BCUT2D eigenvalue weighted by molar-refractivity contribution is 4.65. The van der Waals surface area contributed by atoms with Crippen LogP contribution < -0.4 is 5.32 Å². The minimum Gasteiger partial charge on any atom is -0.315 e. The average Bonchev–Trinajstić information content (AvgIpc) is 2.28. The van der Waals surface area contributed by atoms with Crippen molar-refractivity contribution >= 4 is 0 Å². The van der Waals surface area contributed by atoms with Gasteiger partial charge >= 0.3 is 0 Å². The number of nitrogens with zero attached hydrogens (tertiary/aromatic N) is 1. The molecule has 1 N–H and O–H groups in total. The van der Waals surface area contributed by atoms with Crippen LogP contribution in [0.3, 0.4) is 0 Å². The Morgan fingerprint density at radius 1 is 1.25 bits per heavy atom. The molecule has 1 aliphatic heterocycles. The van der Waals surface area contributed by atoms with Gasteiger partial charge in [-0.3, -0.25) is 0 Å². The molecule has 0 spiro atoms. The molecule has 0 saturated carbocycles. The van der Waals surface area contributed by atoms with Crippen LogP contribution in [0.25, 0.3) is 0 Å².